The number of thioether (sulfide) groups is 1. The molecule has 42 heavy (non-hydrogen) atoms. The van der Waals surface area contributed by atoms with Crippen molar-refractivity contribution in [2.45, 2.75) is 95.5 Å². The lowest BCUT2D eigenvalue weighted by atomic mass is 9.99. The van der Waals surface area contributed by atoms with E-state index in [-0.39, 0.29) is 34.9 Å². The summed E-state index contributed by atoms with van der Waals surface area (Å²) in [6, 6.07) is 30.8. The van der Waals surface area contributed by atoms with Crippen LogP contribution in [0.3, 0.4) is 0 Å². The summed E-state index contributed by atoms with van der Waals surface area (Å²) < 4.78 is 33.8. The van der Waals surface area contributed by atoms with Crippen molar-refractivity contribution in [1.29, 1.82) is 0 Å². The maximum absolute atomic E-state index is 6.85. The van der Waals surface area contributed by atoms with Crippen LogP contribution in [-0.4, -0.2) is 50.5 Å². The Morgan fingerprint density at radius 3 is 1.52 bits per heavy atom. The van der Waals surface area contributed by atoms with Crippen molar-refractivity contribution in [3.63, 3.8) is 0 Å². The molecule has 1 aliphatic heterocycles. The van der Waals surface area contributed by atoms with E-state index in [0.717, 1.165) is 22.4 Å². The van der Waals surface area contributed by atoms with Gasteiger partial charge in [-0.1, -0.05) is 119 Å². The van der Waals surface area contributed by atoms with E-state index in [9.17, 15) is 0 Å². The number of benzene rings is 3. The third kappa shape index (κ3) is 9.26. The van der Waals surface area contributed by atoms with Crippen molar-refractivity contribution in [2.75, 3.05) is 12.4 Å². The van der Waals surface area contributed by atoms with Gasteiger partial charge in [0.25, 0.3) is 0 Å². The minimum Gasteiger partial charge on any atom is -0.414 e. The third-order valence-electron chi connectivity index (χ3n) is 8.19. The van der Waals surface area contributed by atoms with Gasteiger partial charge in [0.05, 0.1) is 26.4 Å². The molecule has 5 atom stereocenters. The maximum Gasteiger partial charge on any atom is 0.192 e. The highest BCUT2D eigenvalue weighted by Crippen LogP contribution is 2.39. The first kappa shape index (κ1) is 32.9. The lowest BCUT2D eigenvalue weighted by Gasteiger charge is -2.47. The lowest BCUT2D eigenvalue weighted by Crippen LogP contribution is -2.61. The molecule has 0 spiro atoms. The second kappa shape index (κ2) is 15.7. The monoisotopic (exact) mass is 608 g/mol. The highest BCUT2D eigenvalue weighted by Gasteiger charge is 2.49. The van der Waals surface area contributed by atoms with Crippen LogP contribution >= 0.6 is 11.8 Å². The molecule has 0 amide bonds. The highest BCUT2D eigenvalue weighted by molar-refractivity contribution is 7.99. The van der Waals surface area contributed by atoms with Gasteiger partial charge in [-0.15, -0.1) is 11.8 Å². The number of hydrogen-bond acceptors (Lipinski definition) is 6. The van der Waals surface area contributed by atoms with E-state index in [1.165, 1.54) is 0 Å². The van der Waals surface area contributed by atoms with Crippen molar-refractivity contribution >= 4 is 20.1 Å². The molecule has 5 nitrogen and oxygen atoms in total. The van der Waals surface area contributed by atoms with E-state index in [1.807, 2.05) is 54.6 Å². The number of ether oxygens (including phenoxy) is 4. The normalized spacial score (nSPS) is 23.1. The Balaban J connectivity index is 1.65. The van der Waals surface area contributed by atoms with E-state index in [4.69, 9.17) is 23.4 Å². The molecule has 3 aromatic rings. The molecule has 4 rings (SSSR count). The Bertz CT molecular complexity index is 1170. The van der Waals surface area contributed by atoms with Crippen molar-refractivity contribution < 1.29 is 23.4 Å². The van der Waals surface area contributed by atoms with E-state index in [1.54, 1.807) is 11.8 Å². The van der Waals surface area contributed by atoms with Crippen molar-refractivity contribution in [3.8, 4) is 0 Å². The SMILES string of the molecule is CCS[C@@H]1O[C@H](CO[Si](C)(C)C(C)(C)C)[C@@H](OCc2ccccc2)[C@H](OCc2ccccc2)[C@H]1OCc1ccccc1. The van der Waals surface area contributed by atoms with Crippen LogP contribution in [-0.2, 0) is 43.2 Å². The molecule has 0 bridgehead atoms. The average molecular weight is 609 g/mol. The first-order chi connectivity index (χ1) is 20.2. The number of rotatable bonds is 14. The summed E-state index contributed by atoms with van der Waals surface area (Å²) in [4.78, 5) is 0. The standard InChI is InChI=1S/C35H48O5SSi/c1-7-41-34-33(38-25-29-21-15-10-16-22-29)32(37-24-28-19-13-9-14-20-28)31(36-23-27-17-11-8-12-18-27)30(40-34)26-39-42(5,6)35(2,3)4/h8-22,30-34H,7,23-26H2,1-6H3/t30-,31-,32+,33-,34+/m1/s1. The van der Waals surface area contributed by atoms with Gasteiger partial charge in [-0.2, -0.15) is 0 Å². The zero-order valence-electron chi connectivity index (χ0n) is 26.0. The first-order valence-corrected chi connectivity index (χ1v) is 19.0. The van der Waals surface area contributed by atoms with Crippen LogP contribution < -0.4 is 0 Å². The quantitative estimate of drug-likeness (QED) is 0.172. The summed E-state index contributed by atoms with van der Waals surface area (Å²) >= 11 is 1.75. The van der Waals surface area contributed by atoms with Crippen LogP contribution in [0.5, 0.6) is 0 Å². The summed E-state index contributed by atoms with van der Waals surface area (Å²) in [5, 5.41) is 0.0875. The Hall–Kier alpha value is -1.97. The van der Waals surface area contributed by atoms with E-state index in [0.29, 0.717) is 26.4 Å². The fourth-order valence-corrected chi connectivity index (χ4v) is 6.67. The Labute approximate surface area is 258 Å². The van der Waals surface area contributed by atoms with Gasteiger partial charge in [-0.3, -0.25) is 0 Å². The topological polar surface area (TPSA) is 46.2 Å². The third-order valence-corrected chi connectivity index (χ3v) is 13.7. The lowest BCUT2D eigenvalue weighted by molar-refractivity contribution is -0.251. The molecule has 0 saturated carbocycles. The van der Waals surface area contributed by atoms with Crippen molar-refractivity contribution in [2.24, 2.45) is 0 Å². The molecule has 1 heterocycles. The predicted molar refractivity (Wildman–Crippen MR) is 175 cm³/mol. The van der Waals surface area contributed by atoms with E-state index < -0.39 is 8.32 Å². The predicted octanol–water partition coefficient (Wildman–Crippen LogP) is 8.24. The van der Waals surface area contributed by atoms with Gasteiger partial charge in [0.2, 0.25) is 0 Å². The van der Waals surface area contributed by atoms with Gasteiger partial charge in [-0.05, 0) is 40.6 Å². The fourth-order valence-electron chi connectivity index (χ4n) is 4.69. The van der Waals surface area contributed by atoms with Crippen molar-refractivity contribution in [1.82, 2.24) is 0 Å². The maximum atomic E-state index is 6.85. The summed E-state index contributed by atoms with van der Waals surface area (Å²) in [6.07, 6.45) is -1.37. The molecule has 0 aliphatic carbocycles. The molecular weight excluding hydrogens is 561 g/mol. The van der Waals surface area contributed by atoms with Gasteiger partial charge in [-0.25, -0.2) is 0 Å². The van der Waals surface area contributed by atoms with Crippen LogP contribution in [0, 0.1) is 0 Å². The second-order valence-electron chi connectivity index (χ2n) is 12.4. The second-order valence-corrected chi connectivity index (χ2v) is 18.5. The molecule has 1 saturated heterocycles. The van der Waals surface area contributed by atoms with Crippen LogP contribution in [0.25, 0.3) is 0 Å². The molecule has 0 aromatic heterocycles. The molecule has 0 radical (unpaired) electrons. The van der Waals surface area contributed by atoms with E-state index >= 15 is 0 Å². The fraction of sp³-hybridized carbons (Fsp3) is 0.486. The summed E-state index contributed by atoms with van der Waals surface area (Å²) in [6.45, 7) is 15.3. The molecule has 0 unspecified atom stereocenters. The van der Waals surface area contributed by atoms with Crippen LogP contribution in [0.15, 0.2) is 91.0 Å². The average Bonchev–Trinajstić information content (AvgIpc) is 2.99. The van der Waals surface area contributed by atoms with Gasteiger partial charge in [0.1, 0.15) is 29.9 Å². The minimum absolute atomic E-state index is 0.0875. The van der Waals surface area contributed by atoms with Gasteiger partial charge >= 0.3 is 0 Å². The van der Waals surface area contributed by atoms with Crippen LogP contribution in [0.4, 0.5) is 0 Å². The Morgan fingerprint density at radius 1 is 0.667 bits per heavy atom. The molecule has 1 fully saturated rings. The van der Waals surface area contributed by atoms with Crippen LogP contribution in [0.1, 0.15) is 44.4 Å². The zero-order valence-corrected chi connectivity index (χ0v) is 27.8. The highest BCUT2D eigenvalue weighted by atomic mass is 32.2. The summed E-state index contributed by atoms with van der Waals surface area (Å²) in [5.74, 6) is 0.895. The summed E-state index contributed by atoms with van der Waals surface area (Å²) in [5.41, 5.74) is 3.12. The molecule has 3 aromatic carbocycles. The smallest absolute Gasteiger partial charge is 0.192 e. The minimum atomic E-state index is -2.03. The molecule has 0 N–H and O–H groups in total. The Kier molecular flexibility index (Phi) is 12.3. The molecule has 1 aliphatic rings. The molecule has 228 valence electrons. The molecule has 7 heteroatoms. The Morgan fingerprint density at radius 2 is 1.10 bits per heavy atom. The largest absolute Gasteiger partial charge is 0.414 e. The van der Waals surface area contributed by atoms with Crippen molar-refractivity contribution in [3.05, 3.63) is 108 Å². The first-order valence-electron chi connectivity index (χ1n) is 15.1. The van der Waals surface area contributed by atoms with Gasteiger partial charge < -0.3 is 23.4 Å². The number of hydrogen-bond donors (Lipinski definition) is 0. The zero-order chi connectivity index (χ0) is 30.0. The van der Waals surface area contributed by atoms with Gasteiger partial charge in [0, 0.05) is 0 Å². The summed E-state index contributed by atoms with van der Waals surface area (Å²) in [7, 11) is -2.03. The van der Waals surface area contributed by atoms with E-state index in [2.05, 4.69) is 77.2 Å². The molecular formula is C35H48O5SSi. The van der Waals surface area contributed by atoms with Crippen LogP contribution in [0.2, 0.25) is 18.1 Å². The van der Waals surface area contributed by atoms with Gasteiger partial charge in [0.15, 0.2) is 8.32 Å².